The maximum Gasteiger partial charge on any atom is 0.226 e. The third kappa shape index (κ3) is 6.01. The van der Waals surface area contributed by atoms with Gasteiger partial charge in [-0.05, 0) is 36.1 Å². The Bertz CT molecular complexity index is 773. The largest absolute Gasteiger partial charge is 0.326 e. The van der Waals surface area contributed by atoms with Crippen LogP contribution in [0.15, 0.2) is 54.6 Å². The molecule has 3 rings (SSSR count). The Morgan fingerprint density at radius 3 is 2.56 bits per heavy atom. The highest BCUT2D eigenvalue weighted by molar-refractivity contribution is 7.84. The van der Waals surface area contributed by atoms with Gasteiger partial charge in [0.1, 0.15) is 0 Å². The summed E-state index contributed by atoms with van der Waals surface area (Å²) in [5, 5.41) is 3.24. The number of carbonyl (C=O) groups is 1. The van der Waals surface area contributed by atoms with Gasteiger partial charge in [-0.3, -0.25) is 9.00 Å². The summed E-state index contributed by atoms with van der Waals surface area (Å²) in [6, 6.07) is 17.0. The average molecular weight is 385 g/mol. The van der Waals surface area contributed by atoms with E-state index in [0.717, 1.165) is 29.7 Å². The second kappa shape index (κ2) is 9.81. The number of rotatable bonds is 7. The predicted molar refractivity (Wildman–Crippen MR) is 112 cm³/mol. The van der Waals surface area contributed by atoms with E-state index < -0.39 is 10.8 Å². The zero-order valence-electron chi connectivity index (χ0n) is 15.6. The molecule has 2 unspecified atom stereocenters. The van der Waals surface area contributed by atoms with E-state index in [2.05, 4.69) is 5.32 Å². The van der Waals surface area contributed by atoms with Gasteiger partial charge in [0.15, 0.2) is 0 Å². The molecule has 5 heteroatoms. The SMILES string of the molecule is NC(CC(=O)Nc1cccc(CS(=O)C2CCCCC2)c1)c1ccccc1. The second-order valence-electron chi connectivity index (χ2n) is 7.25. The standard InChI is InChI=1S/C22H28N2O2S/c23-21(18-9-3-1-4-10-18)15-22(25)24-19-11-7-8-17(14-19)16-27(26)20-12-5-2-6-13-20/h1,3-4,7-11,14,20-21H,2,5-6,12-13,15-16,23H2,(H,24,25). The number of amides is 1. The molecule has 1 amide bonds. The molecule has 0 heterocycles. The number of benzene rings is 2. The molecule has 1 fully saturated rings. The smallest absolute Gasteiger partial charge is 0.226 e. The summed E-state index contributed by atoms with van der Waals surface area (Å²) in [5.74, 6) is 0.440. The first-order valence-corrected chi connectivity index (χ1v) is 11.1. The van der Waals surface area contributed by atoms with E-state index in [1.165, 1.54) is 19.3 Å². The highest BCUT2D eigenvalue weighted by Crippen LogP contribution is 2.24. The van der Waals surface area contributed by atoms with Crippen molar-refractivity contribution < 1.29 is 9.00 Å². The zero-order valence-corrected chi connectivity index (χ0v) is 16.4. The fourth-order valence-electron chi connectivity index (χ4n) is 3.58. The molecule has 144 valence electrons. The fraction of sp³-hybridized carbons (Fsp3) is 0.409. The van der Waals surface area contributed by atoms with Gasteiger partial charge in [0.2, 0.25) is 5.91 Å². The van der Waals surface area contributed by atoms with Crippen molar-refractivity contribution >= 4 is 22.4 Å². The minimum Gasteiger partial charge on any atom is -0.326 e. The lowest BCUT2D eigenvalue weighted by molar-refractivity contribution is -0.116. The summed E-state index contributed by atoms with van der Waals surface area (Å²) in [7, 11) is -0.845. The molecule has 0 saturated heterocycles. The number of nitrogens with one attached hydrogen (secondary N) is 1. The molecule has 27 heavy (non-hydrogen) atoms. The van der Waals surface area contributed by atoms with Crippen molar-refractivity contribution in [3.05, 3.63) is 65.7 Å². The second-order valence-corrected chi connectivity index (χ2v) is 8.97. The van der Waals surface area contributed by atoms with Gasteiger partial charge >= 0.3 is 0 Å². The Morgan fingerprint density at radius 2 is 1.81 bits per heavy atom. The number of carbonyl (C=O) groups excluding carboxylic acids is 1. The molecular weight excluding hydrogens is 356 g/mol. The minimum absolute atomic E-state index is 0.114. The van der Waals surface area contributed by atoms with Crippen LogP contribution in [0, 0.1) is 0 Å². The summed E-state index contributed by atoms with van der Waals surface area (Å²) in [4.78, 5) is 12.3. The zero-order chi connectivity index (χ0) is 19.1. The maximum absolute atomic E-state index is 12.6. The van der Waals surface area contributed by atoms with Crippen LogP contribution in [0.25, 0.3) is 0 Å². The number of anilines is 1. The topological polar surface area (TPSA) is 72.2 Å². The number of hydrogen-bond acceptors (Lipinski definition) is 3. The van der Waals surface area contributed by atoms with Crippen LogP contribution in [0.1, 0.15) is 55.7 Å². The molecule has 0 bridgehead atoms. The van der Waals surface area contributed by atoms with E-state index in [-0.39, 0.29) is 18.4 Å². The molecule has 2 aromatic carbocycles. The molecule has 0 aliphatic heterocycles. The molecule has 2 aromatic rings. The van der Waals surface area contributed by atoms with Crippen molar-refractivity contribution in [2.45, 2.75) is 55.6 Å². The molecule has 0 radical (unpaired) electrons. The van der Waals surface area contributed by atoms with Crippen molar-refractivity contribution in [2.75, 3.05) is 5.32 Å². The first kappa shape index (κ1) is 19.8. The molecule has 0 aromatic heterocycles. The summed E-state index contributed by atoms with van der Waals surface area (Å²) in [5.41, 5.74) is 8.81. The van der Waals surface area contributed by atoms with Gasteiger partial charge < -0.3 is 11.1 Å². The van der Waals surface area contributed by atoms with Gasteiger partial charge in [-0.2, -0.15) is 0 Å². The van der Waals surface area contributed by atoms with Crippen LogP contribution in [0.2, 0.25) is 0 Å². The molecule has 1 saturated carbocycles. The summed E-state index contributed by atoms with van der Waals surface area (Å²) >= 11 is 0. The lowest BCUT2D eigenvalue weighted by atomic mass is 10.0. The lowest BCUT2D eigenvalue weighted by Crippen LogP contribution is -2.21. The quantitative estimate of drug-likeness (QED) is 0.748. The van der Waals surface area contributed by atoms with Gasteiger partial charge in [0.05, 0.1) is 0 Å². The molecule has 1 aliphatic carbocycles. The lowest BCUT2D eigenvalue weighted by Gasteiger charge is -2.21. The highest BCUT2D eigenvalue weighted by atomic mass is 32.2. The van der Waals surface area contributed by atoms with Crippen LogP contribution in [-0.4, -0.2) is 15.4 Å². The van der Waals surface area contributed by atoms with Gasteiger partial charge in [0, 0.05) is 40.0 Å². The Kier molecular flexibility index (Phi) is 7.18. The average Bonchev–Trinajstić information content (AvgIpc) is 2.69. The van der Waals surface area contributed by atoms with Crippen LogP contribution in [0.4, 0.5) is 5.69 Å². The van der Waals surface area contributed by atoms with E-state index in [1.54, 1.807) is 0 Å². The normalized spacial score (nSPS) is 17.2. The van der Waals surface area contributed by atoms with E-state index in [0.29, 0.717) is 11.0 Å². The van der Waals surface area contributed by atoms with Crippen LogP contribution in [-0.2, 0) is 21.3 Å². The predicted octanol–water partition coefficient (Wildman–Crippen LogP) is 4.30. The first-order chi connectivity index (χ1) is 13.1. The van der Waals surface area contributed by atoms with Crippen LogP contribution >= 0.6 is 0 Å². The molecule has 0 spiro atoms. The Balaban J connectivity index is 1.55. The molecule has 2 atom stereocenters. The third-order valence-corrected chi connectivity index (χ3v) is 6.91. The van der Waals surface area contributed by atoms with Gasteiger partial charge in [-0.15, -0.1) is 0 Å². The molecular formula is C22H28N2O2S. The molecule has 1 aliphatic rings. The van der Waals surface area contributed by atoms with Gasteiger partial charge in [-0.25, -0.2) is 0 Å². The van der Waals surface area contributed by atoms with Gasteiger partial charge in [0.25, 0.3) is 0 Å². The van der Waals surface area contributed by atoms with Crippen molar-refractivity contribution in [1.82, 2.24) is 0 Å². The Labute approximate surface area is 164 Å². The van der Waals surface area contributed by atoms with Crippen LogP contribution in [0.5, 0.6) is 0 Å². The minimum atomic E-state index is -0.845. The van der Waals surface area contributed by atoms with Gasteiger partial charge in [-0.1, -0.05) is 61.7 Å². The van der Waals surface area contributed by atoms with Crippen LogP contribution < -0.4 is 11.1 Å². The molecule has 3 N–H and O–H groups in total. The highest BCUT2D eigenvalue weighted by Gasteiger charge is 2.20. The Morgan fingerprint density at radius 1 is 1.07 bits per heavy atom. The van der Waals surface area contributed by atoms with E-state index in [4.69, 9.17) is 5.73 Å². The number of nitrogens with two attached hydrogens (primary N) is 1. The maximum atomic E-state index is 12.6. The monoisotopic (exact) mass is 384 g/mol. The van der Waals surface area contributed by atoms with E-state index >= 15 is 0 Å². The van der Waals surface area contributed by atoms with Crippen molar-refractivity contribution in [3.63, 3.8) is 0 Å². The van der Waals surface area contributed by atoms with Crippen molar-refractivity contribution in [1.29, 1.82) is 0 Å². The molecule has 4 nitrogen and oxygen atoms in total. The fourth-order valence-corrected chi connectivity index (χ4v) is 5.18. The Hall–Kier alpha value is -1.98. The summed E-state index contributed by atoms with van der Waals surface area (Å²) in [6.45, 7) is 0. The van der Waals surface area contributed by atoms with Crippen LogP contribution in [0.3, 0.4) is 0 Å². The van der Waals surface area contributed by atoms with Crippen molar-refractivity contribution in [3.8, 4) is 0 Å². The van der Waals surface area contributed by atoms with Crippen molar-refractivity contribution in [2.24, 2.45) is 5.73 Å². The first-order valence-electron chi connectivity index (χ1n) is 9.68. The van der Waals surface area contributed by atoms with E-state index in [9.17, 15) is 9.00 Å². The summed E-state index contributed by atoms with van der Waals surface area (Å²) in [6.07, 6.45) is 6.01. The third-order valence-electron chi connectivity index (χ3n) is 5.08. The summed E-state index contributed by atoms with van der Waals surface area (Å²) < 4.78 is 12.6. The number of hydrogen-bond donors (Lipinski definition) is 2. The van der Waals surface area contributed by atoms with E-state index in [1.807, 2.05) is 54.6 Å².